The molecule has 0 heterocycles. The van der Waals surface area contributed by atoms with Crippen LogP contribution in [0, 0.1) is 6.92 Å². The first-order valence-corrected chi connectivity index (χ1v) is 13.8. The number of rotatable bonds is 19. The molecule has 0 saturated heterocycles. The monoisotopic (exact) mass is 488 g/mol. The van der Waals surface area contributed by atoms with Crippen LogP contribution in [-0.4, -0.2) is 28.2 Å². The molecule has 0 spiro atoms. The number of ether oxygens (including phenoxy) is 2. The SMILES string of the molecule is C=CCOc1ccc(OCCCCCCCCCCCCOS(=O)(=O)c2ccc(C)cc2)cc1. The summed E-state index contributed by atoms with van der Waals surface area (Å²) in [5.74, 6) is 1.70. The minimum atomic E-state index is -3.63. The fraction of sp³-hybridized carbons (Fsp3) is 0.500. The Morgan fingerprint density at radius 1 is 0.676 bits per heavy atom. The van der Waals surface area contributed by atoms with Gasteiger partial charge in [-0.3, -0.25) is 4.18 Å². The highest BCUT2D eigenvalue weighted by Crippen LogP contribution is 2.18. The van der Waals surface area contributed by atoms with Gasteiger partial charge in [0.2, 0.25) is 0 Å². The van der Waals surface area contributed by atoms with E-state index in [1.165, 1.54) is 38.5 Å². The van der Waals surface area contributed by atoms with E-state index in [1.54, 1.807) is 30.3 Å². The molecule has 0 fully saturated rings. The lowest BCUT2D eigenvalue weighted by atomic mass is 10.1. The van der Waals surface area contributed by atoms with Crippen LogP contribution in [0.15, 0.2) is 66.1 Å². The van der Waals surface area contributed by atoms with Crippen LogP contribution in [0.3, 0.4) is 0 Å². The summed E-state index contributed by atoms with van der Waals surface area (Å²) in [6.07, 6.45) is 13.1. The van der Waals surface area contributed by atoms with Crippen LogP contribution in [-0.2, 0) is 14.3 Å². The van der Waals surface area contributed by atoms with Gasteiger partial charge >= 0.3 is 0 Å². The van der Waals surface area contributed by atoms with Gasteiger partial charge in [-0.15, -0.1) is 0 Å². The van der Waals surface area contributed by atoms with Gasteiger partial charge < -0.3 is 9.47 Å². The number of benzene rings is 2. The molecule has 2 rings (SSSR count). The van der Waals surface area contributed by atoms with Crippen molar-refractivity contribution in [3.8, 4) is 11.5 Å². The van der Waals surface area contributed by atoms with E-state index in [-0.39, 0.29) is 11.5 Å². The van der Waals surface area contributed by atoms with Crippen molar-refractivity contribution in [1.82, 2.24) is 0 Å². The summed E-state index contributed by atoms with van der Waals surface area (Å²) >= 11 is 0. The van der Waals surface area contributed by atoms with E-state index in [0.717, 1.165) is 49.4 Å². The average Bonchev–Trinajstić information content (AvgIpc) is 2.84. The molecular weight excluding hydrogens is 448 g/mol. The van der Waals surface area contributed by atoms with Crippen LogP contribution in [0.2, 0.25) is 0 Å². The van der Waals surface area contributed by atoms with E-state index in [4.69, 9.17) is 13.7 Å². The minimum absolute atomic E-state index is 0.230. The van der Waals surface area contributed by atoms with E-state index >= 15 is 0 Å². The molecule has 0 bridgehead atoms. The maximum atomic E-state index is 12.1. The largest absolute Gasteiger partial charge is 0.494 e. The summed E-state index contributed by atoms with van der Waals surface area (Å²) in [7, 11) is -3.63. The van der Waals surface area contributed by atoms with Gasteiger partial charge in [0.15, 0.2) is 0 Å². The summed E-state index contributed by atoms with van der Waals surface area (Å²) in [6.45, 7) is 7.08. The molecule has 6 heteroatoms. The van der Waals surface area contributed by atoms with Crippen molar-refractivity contribution >= 4 is 10.1 Å². The lowest BCUT2D eigenvalue weighted by Crippen LogP contribution is -2.07. The zero-order valence-corrected chi connectivity index (χ0v) is 21.4. The molecule has 0 aliphatic carbocycles. The standard InChI is InChI=1S/C28H40O5S/c1-3-22-31-26-16-18-27(19-17-26)32-23-12-10-8-6-4-5-7-9-11-13-24-33-34(29,30)28-20-14-25(2)15-21-28/h3,14-21H,1,4-13,22-24H2,2H3. The molecule has 34 heavy (non-hydrogen) atoms. The average molecular weight is 489 g/mol. The van der Waals surface area contributed by atoms with Crippen molar-refractivity contribution in [1.29, 1.82) is 0 Å². The second-order valence-corrected chi connectivity index (χ2v) is 10.2. The Labute approximate surface area is 206 Å². The van der Waals surface area contributed by atoms with Gasteiger partial charge in [-0.25, -0.2) is 0 Å². The van der Waals surface area contributed by atoms with Crippen molar-refractivity contribution in [3.05, 3.63) is 66.7 Å². The normalized spacial score (nSPS) is 11.3. The van der Waals surface area contributed by atoms with Gasteiger partial charge in [0.05, 0.1) is 18.1 Å². The Bertz CT molecular complexity index is 905. The van der Waals surface area contributed by atoms with Crippen molar-refractivity contribution < 1.29 is 22.1 Å². The summed E-state index contributed by atoms with van der Waals surface area (Å²) in [4.78, 5) is 0.230. The predicted molar refractivity (Wildman–Crippen MR) is 138 cm³/mol. The molecule has 0 N–H and O–H groups in total. The minimum Gasteiger partial charge on any atom is -0.494 e. The van der Waals surface area contributed by atoms with E-state index < -0.39 is 10.1 Å². The molecule has 0 unspecified atom stereocenters. The van der Waals surface area contributed by atoms with E-state index in [1.807, 2.05) is 31.2 Å². The van der Waals surface area contributed by atoms with Crippen LogP contribution in [0.4, 0.5) is 0 Å². The lowest BCUT2D eigenvalue weighted by molar-refractivity contribution is 0.302. The maximum Gasteiger partial charge on any atom is 0.296 e. The molecule has 2 aromatic carbocycles. The molecule has 5 nitrogen and oxygen atoms in total. The molecule has 0 atom stereocenters. The summed E-state index contributed by atoms with van der Waals surface area (Å²) in [5, 5.41) is 0. The smallest absolute Gasteiger partial charge is 0.296 e. The third-order valence-corrected chi connectivity index (χ3v) is 6.87. The molecule has 188 valence electrons. The van der Waals surface area contributed by atoms with E-state index in [2.05, 4.69) is 6.58 Å². The number of hydrogen-bond acceptors (Lipinski definition) is 5. The van der Waals surface area contributed by atoms with E-state index in [0.29, 0.717) is 6.61 Å². The van der Waals surface area contributed by atoms with E-state index in [9.17, 15) is 8.42 Å². The van der Waals surface area contributed by atoms with Gasteiger partial charge in [0.25, 0.3) is 10.1 Å². The number of hydrogen-bond donors (Lipinski definition) is 0. The third kappa shape index (κ3) is 11.7. The second kappa shape index (κ2) is 16.3. The summed E-state index contributed by atoms with van der Waals surface area (Å²) in [5.41, 5.74) is 1.03. The first kappa shape index (κ1) is 27.9. The van der Waals surface area contributed by atoms with Crippen LogP contribution in [0.1, 0.15) is 69.8 Å². The molecule has 0 radical (unpaired) electrons. The fourth-order valence-corrected chi connectivity index (χ4v) is 4.48. The zero-order chi connectivity index (χ0) is 24.5. The topological polar surface area (TPSA) is 61.8 Å². The van der Waals surface area contributed by atoms with Gasteiger partial charge in [-0.05, 0) is 56.2 Å². The van der Waals surface area contributed by atoms with Crippen molar-refractivity contribution in [2.24, 2.45) is 0 Å². The Hall–Kier alpha value is -2.31. The highest BCUT2D eigenvalue weighted by atomic mass is 32.2. The number of unbranched alkanes of at least 4 members (excludes halogenated alkanes) is 9. The Balaban J connectivity index is 1.37. The van der Waals surface area contributed by atoms with Gasteiger partial charge in [0, 0.05) is 0 Å². The summed E-state index contributed by atoms with van der Waals surface area (Å²) in [6, 6.07) is 14.5. The molecule has 0 aliphatic rings. The Kier molecular flexibility index (Phi) is 13.4. The number of aryl methyl sites for hydroxylation is 1. The van der Waals surface area contributed by atoms with Gasteiger partial charge in [-0.2, -0.15) is 8.42 Å². The predicted octanol–water partition coefficient (Wildman–Crippen LogP) is 7.25. The first-order chi connectivity index (χ1) is 16.5. The molecular formula is C28H40O5S. The highest BCUT2D eigenvalue weighted by Gasteiger charge is 2.14. The van der Waals surface area contributed by atoms with Gasteiger partial charge in [0.1, 0.15) is 18.1 Å². The second-order valence-electron chi connectivity index (χ2n) is 8.54. The molecule has 0 amide bonds. The fourth-order valence-electron chi connectivity index (χ4n) is 3.54. The summed E-state index contributed by atoms with van der Waals surface area (Å²) < 4.78 is 40.6. The van der Waals surface area contributed by atoms with Crippen LogP contribution in [0.5, 0.6) is 11.5 Å². The van der Waals surface area contributed by atoms with Crippen LogP contribution < -0.4 is 9.47 Å². The van der Waals surface area contributed by atoms with Crippen LogP contribution in [0.25, 0.3) is 0 Å². The molecule has 0 saturated carbocycles. The Morgan fingerprint density at radius 2 is 1.15 bits per heavy atom. The van der Waals surface area contributed by atoms with Crippen molar-refractivity contribution in [3.63, 3.8) is 0 Å². The maximum absolute atomic E-state index is 12.1. The third-order valence-electron chi connectivity index (χ3n) is 5.55. The lowest BCUT2D eigenvalue weighted by Gasteiger charge is -2.08. The molecule has 2 aromatic rings. The molecule has 0 aromatic heterocycles. The Morgan fingerprint density at radius 3 is 1.68 bits per heavy atom. The first-order valence-electron chi connectivity index (χ1n) is 12.4. The highest BCUT2D eigenvalue weighted by molar-refractivity contribution is 7.86. The van der Waals surface area contributed by atoms with Gasteiger partial charge in [-0.1, -0.05) is 81.7 Å². The van der Waals surface area contributed by atoms with Crippen LogP contribution >= 0.6 is 0 Å². The van der Waals surface area contributed by atoms with Crippen molar-refractivity contribution in [2.45, 2.75) is 76.0 Å². The molecule has 0 aliphatic heterocycles. The van der Waals surface area contributed by atoms with Crippen molar-refractivity contribution in [2.75, 3.05) is 19.8 Å². The zero-order valence-electron chi connectivity index (χ0n) is 20.5. The quantitative estimate of drug-likeness (QED) is 0.118.